The number of carbonyl (C=O) groups excluding carboxylic acids is 1. The van der Waals surface area contributed by atoms with E-state index in [4.69, 9.17) is 24.3 Å². The smallest absolute Gasteiger partial charge is 0.459 e. The van der Waals surface area contributed by atoms with E-state index in [1.807, 2.05) is 22.8 Å². The predicted molar refractivity (Wildman–Crippen MR) is 154 cm³/mol. The molecule has 1 saturated heterocycles. The van der Waals surface area contributed by atoms with E-state index in [0.717, 1.165) is 0 Å². The second kappa shape index (κ2) is 12.6. The molecule has 0 saturated carbocycles. The molecular formula is C27H36N7O6P. The van der Waals surface area contributed by atoms with Gasteiger partial charge < -0.3 is 29.2 Å². The third-order valence-corrected chi connectivity index (χ3v) is 8.37. The highest BCUT2D eigenvalue weighted by Crippen LogP contribution is 2.46. The molecular weight excluding hydrogens is 549 g/mol. The molecule has 14 heteroatoms. The molecule has 1 aliphatic carbocycles. The van der Waals surface area contributed by atoms with E-state index in [9.17, 15) is 9.36 Å². The number of nitrogen functional groups attached to an aromatic ring is 1. The number of hydrogen-bond donors (Lipinski definition) is 2. The number of morpholine rings is 1. The van der Waals surface area contributed by atoms with Crippen molar-refractivity contribution in [3.05, 3.63) is 48.8 Å². The summed E-state index contributed by atoms with van der Waals surface area (Å²) in [6.45, 7) is 7.78. The van der Waals surface area contributed by atoms with Gasteiger partial charge in [-0.2, -0.15) is 15.1 Å². The Morgan fingerprint density at radius 1 is 1.17 bits per heavy atom. The monoisotopic (exact) mass is 585 g/mol. The van der Waals surface area contributed by atoms with Gasteiger partial charge in [0.15, 0.2) is 17.0 Å². The summed E-state index contributed by atoms with van der Waals surface area (Å²) < 4.78 is 38.1. The van der Waals surface area contributed by atoms with Crippen LogP contribution in [0.3, 0.4) is 0 Å². The van der Waals surface area contributed by atoms with Crippen LogP contribution in [0, 0.1) is 5.92 Å². The summed E-state index contributed by atoms with van der Waals surface area (Å²) in [6.07, 6.45) is 6.13. The van der Waals surface area contributed by atoms with Gasteiger partial charge in [-0.3, -0.25) is 9.32 Å². The highest BCUT2D eigenvalue weighted by Gasteiger charge is 2.34. The maximum atomic E-state index is 13.8. The number of nitrogens with zero attached hydrogens (tertiary/aromatic N) is 5. The fourth-order valence-electron chi connectivity index (χ4n) is 4.77. The maximum absolute atomic E-state index is 13.8. The lowest BCUT2D eigenvalue weighted by Crippen LogP contribution is -2.37. The van der Waals surface area contributed by atoms with Gasteiger partial charge in [0, 0.05) is 19.0 Å². The Morgan fingerprint density at radius 2 is 1.93 bits per heavy atom. The molecule has 5 rings (SSSR count). The summed E-state index contributed by atoms with van der Waals surface area (Å²) in [4.78, 5) is 28.1. The second-order valence-electron chi connectivity index (χ2n) is 10.3. The molecule has 3 N–H and O–H groups in total. The molecule has 0 radical (unpaired) electrons. The van der Waals surface area contributed by atoms with Gasteiger partial charge in [-0.15, -0.1) is 0 Å². The summed E-state index contributed by atoms with van der Waals surface area (Å²) in [5.74, 6) is 0.601. The van der Waals surface area contributed by atoms with Gasteiger partial charge in [0.25, 0.3) is 0 Å². The summed E-state index contributed by atoms with van der Waals surface area (Å²) in [7, 11) is -3.95. The highest BCUT2D eigenvalue weighted by molar-refractivity contribution is 7.52. The van der Waals surface area contributed by atoms with Crippen LogP contribution in [0.15, 0.2) is 48.8 Å². The third-order valence-electron chi connectivity index (χ3n) is 6.72. The first-order valence-electron chi connectivity index (χ1n) is 13.7. The van der Waals surface area contributed by atoms with Crippen LogP contribution >= 0.6 is 7.75 Å². The van der Waals surface area contributed by atoms with E-state index in [1.54, 1.807) is 51.4 Å². The van der Waals surface area contributed by atoms with Crippen LogP contribution in [-0.2, 0) is 23.4 Å². The Hall–Kier alpha value is -3.51. The maximum Gasteiger partial charge on any atom is 0.459 e. The Kier molecular flexibility index (Phi) is 8.88. The van der Waals surface area contributed by atoms with Crippen molar-refractivity contribution in [2.75, 3.05) is 43.5 Å². The van der Waals surface area contributed by atoms with Crippen LogP contribution in [0.2, 0.25) is 0 Å². The molecule has 0 bridgehead atoms. The largest absolute Gasteiger partial charge is 0.462 e. The lowest BCUT2D eigenvalue weighted by Gasteiger charge is -2.27. The van der Waals surface area contributed by atoms with E-state index in [1.165, 1.54) is 0 Å². The van der Waals surface area contributed by atoms with Crippen molar-refractivity contribution in [2.45, 2.75) is 45.4 Å². The average Bonchev–Trinajstić information content (AvgIpc) is 3.59. The molecule has 41 heavy (non-hydrogen) atoms. The number of imidazole rings is 1. The number of aromatic nitrogens is 4. The average molecular weight is 586 g/mol. The second-order valence-corrected chi connectivity index (χ2v) is 12.0. The number of hydrogen-bond acceptors (Lipinski definition) is 11. The molecule has 0 amide bonds. The fourth-order valence-corrected chi connectivity index (χ4v) is 6.31. The van der Waals surface area contributed by atoms with E-state index in [0.29, 0.717) is 55.5 Å². The number of ether oxygens (including phenoxy) is 2. The number of rotatable bonds is 11. The standard InChI is InChI=1S/C27H36N7O6P/c1-18(2)39-26(35)19(3)32-41(36,40-22-7-5-4-6-8-22)38-16-20-9-10-21(15-20)34-17-29-23-24(30-27(28)31-25(23)34)33-11-13-37-14-12-33/h4-10,17-21H,11-16H2,1-3H3,(H,32,36)(H2,28,30,31)/t19-,20+,21-,41+/m0/s1. The number of esters is 1. The number of nitrogens with two attached hydrogens (primary N) is 1. The molecule has 2 aromatic heterocycles. The third kappa shape index (κ3) is 7.05. The van der Waals surface area contributed by atoms with Crippen LogP contribution in [-0.4, -0.2) is 70.5 Å². The number of para-hydroxylation sites is 1. The molecule has 4 atom stereocenters. The highest BCUT2D eigenvalue weighted by atomic mass is 31.2. The lowest BCUT2D eigenvalue weighted by atomic mass is 10.1. The van der Waals surface area contributed by atoms with Crippen LogP contribution in [0.4, 0.5) is 11.8 Å². The Balaban J connectivity index is 1.28. The molecule has 3 heterocycles. The molecule has 13 nitrogen and oxygen atoms in total. The van der Waals surface area contributed by atoms with Gasteiger partial charge in [-0.05, 0) is 39.3 Å². The normalized spacial score (nSPS) is 21.2. The first kappa shape index (κ1) is 29.0. The van der Waals surface area contributed by atoms with Gasteiger partial charge in [0.1, 0.15) is 11.8 Å². The van der Waals surface area contributed by atoms with E-state index in [-0.39, 0.29) is 30.6 Å². The molecule has 1 fully saturated rings. The zero-order valence-electron chi connectivity index (χ0n) is 23.4. The summed E-state index contributed by atoms with van der Waals surface area (Å²) in [5, 5.41) is 2.73. The van der Waals surface area contributed by atoms with Crippen LogP contribution in [0.25, 0.3) is 11.2 Å². The summed E-state index contributed by atoms with van der Waals surface area (Å²) in [5.41, 5.74) is 7.42. The fraction of sp³-hybridized carbons (Fsp3) is 0.481. The molecule has 1 aliphatic heterocycles. The van der Waals surface area contributed by atoms with Gasteiger partial charge in [0.2, 0.25) is 5.95 Å². The topological polar surface area (TPSA) is 156 Å². The number of allylic oxidation sites excluding steroid dienone is 1. The van der Waals surface area contributed by atoms with Crippen LogP contribution in [0.5, 0.6) is 5.75 Å². The quantitative estimate of drug-likeness (QED) is 0.192. The van der Waals surface area contributed by atoms with Crippen molar-refractivity contribution in [3.63, 3.8) is 0 Å². The Labute approximate surface area is 238 Å². The summed E-state index contributed by atoms with van der Waals surface area (Å²) >= 11 is 0. The molecule has 0 unspecified atom stereocenters. The molecule has 0 spiro atoms. The first-order chi connectivity index (χ1) is 19.7. The van der Waals surface area contributed by atoms with Gasteiger partial charge in [0.05, 0.1) is 38.3 Å². The van der Waals surface area contributed by atoms with Crippen molar-refractivity contribution in [3.8, 4) is 5.75 Å². The molecule has 3 aromatic rings. The van der Waals surface area contributed by atoms with Gasteiger partial charge >= 0.3 is 13.7 Å². The zero-order chi connectivity index (χ0) is 29.0. The minimum absolute atomic E-state index is 0.0669. The minimum Gasteiger partial charge on any atom is -0.462 e. The molecule has 1 aromatic carbocycles. The first-order valence-corrected chi connectivity index (χ1v) is 15.2. The van der Waals surface area contributed by atoms with E-state index in [2.05, 4.69) is 24.9 Å². The van der Waals surface area contributed by atoms with Crippen molar-refractivity contribution in [1.29, 1.82) is 0 Å². The number of fused-ring (bicyclic) bond motifs is 1. The van der Waals surface area contributed by atoms with E-state index < -0.39 is 19.8 Å². The predicted octanol–water partition coefficient (Wildman–Crippen LogP) is 3.50. The van der Waals surface area contributed by atoms with Gasteiger partial charge in [-0.1, -0.05) is 30.4 Å². The Morgan fingerprint density at radius 3 is 2.66 bits per heavy atom. The SMILES string of the molecule is CC(C)OC(=O)[C@H](C)N[P@@](=O)(OC[C@@H]1C=C[C@H](n2cnc3c(N4CCOCC4)nc(N)nc32)C1)Oc1ccccc1. The van der Waals surface area contributed by atoms with Crippen molar-refractivity contribution >= 4 is 36.6 Å². The van der Waals surface area contributed by atoms with Crippen molar-refractivity contribution in [1.82, 2.24) is 24.6 Å². The van der Waals surface area contributed by atoms with Gasteiger partial charge in [-0.25, -0.2) is 9.55 Å². The number of anilines is 2. The van der Waals surface area contributed by atoms with Crippen LogP contribution < -0.4 is 20.2 Å². The lowest BCUT2D eigenvalue weighted by molar-refractivity contribution is -0.149. The minimum atomic E-state index is -3.95. The van der Waals surface area contributed by atoms with E-state index >= 15 is 0 Å². The van der Waals surface area contributed by atoms with Crippen LogP contribution in [0.1, 0.15) is 33.2 Å². The number of benzene rings is 1. The molecule has 220 valence electrons. The number of nitrogens with one attached hydrogen (secondary N) is 1. The Bertz CT molecular complexity index is 1430. The number of carbonyl (C=O) groups is 1. The van der Waals surface area contributed by atoms with Crippen molar-refractivity contribution < 1.29 is 27.9 Å². The summed E-state index contributed by atoms with van der Waals surface area (Å²) in [6, 6.07) is 7.70. The zero-order valence-corrected chi connectivity index (χ0v) is 24.3. The molecule has 2 aliphatic rings. The van der Waals surface area contributed by atoms with Crippen molar-refractivity contribution in [2.24, 2.45) is 5.92 Å².